The molecular weight excluding hydrogens is 343 g/mol. The summed E-state index contributed by atoms with van der Waals surface area (Å²) in [6.45, 7) is -0.693. The third kappa shape index (κ3) is 4.46. The molecule has 0 spiro atoms. The maximum atomic E-state index is 12.7. The van der Waals surface area contributed by atoms with E-state index in [0.29, 0.717) is 10.6 Å². The number of aromatic nitrogens is 1. The molecule has 9 heteroatoms. The molecule has 0 saturated carbocycles. The maximum absolute atomic E-state index is 12.7. The Bertz CT molecular complexity index is 840. The average Bonchev–Trinajstić information content (AvgIpc) is 2.55. The van der Waals surface area contributed by atoms with Gasteiger partial charge in [0, 0.05) is 6.20 Å². The van der Waals surface area contributed by atoms with Gasteiger partial charge in [0.05, 0.1) is 12.7 Å². The Labute approximate surface area is 139 Å². The van der Waals surface area contributed by atoms with Gasteiger partial charge >= 0.3 is 18.1 Å². The minimum absolute atomic E-state index is 0.0673. The van der Waals surface area contributed by atoms with E-state index >= 15 is 0 Å². The topological polar surface area (TPSA) is 74.6 Å². The molecule has 0 amide bonds. The highest BCUT2D eigenvalue weighted by Crippen LogP contribution is 2.26. The van der Waals surface area contributed by atoms with Crippen molar-refractivity contribution in [3.05, 3.63) is 64.1 Å². The van der Waals surface area contributed by atoms with Crippen LogP contribution in [0.15, 0.2) is 47.4 Å². The number of rotatable bonds is 4. The Hall–Kier alpha value is -3.10. The molecular formula is C16H12F3NO5. The zero-order valence-electron chi connectivity index (χ0n) is 12.9. The maximum Gasteiger partial charge on any atom is 0.421 e. The largest absolute Gasteiger partial charge is 0.465 e. The summed E-state index contributed by atoms with van der Waals surface area (Å²) in [7, 11) is 1.21. The summed E-state index contributed by atoms with van der Waals surface area (Å²) in [6, 6.07) is 6.99. The fourth-order valence-corrected chi connectivity index (χ4v) is 1.96. The van der Waals surface area contributed by atoms with Crippen LogP contribution in [-0.4, -0.2) is 23.6 Å². The van der Waals surface area contributed by atoms with E-state index in [-0.39, 0.29) is 11.3 Å². The van der Waals surface area contributed by atoms with E-state index in [1.54, 1.807) is 0 Å². The molecule has 0 aliphatic heterocycles. The zero-order chi connectivity index (χ0) is 18.6. The lowest BCUT2D eigenvalue weighted by Gasteiger charge is -2.10. The number of esters is 2. The van der Waals surface area contributed by atoms with Gasteiger partial charge in [0.15, 0.2) is 0 Å². The molecule has 0 unspecified atom stereocenters. The summed E-state index contributed by atoms with van der Waals surface area (Å²) in [6.07, 6.45) is -3.76. The van der Waals surface area contributed by atoms with E-state index < -0.39 is 35.8 Å². The van der Waals surface area contributed by atoms with E-state index in [4.69, 9.17) is 4.74 Å². The number of carbonyl (C=O) groups is 2. The van der Waals surface area contributed by atoms with Gasteiger partial charge in [-0.3, -0.25) is 4.79 Å². The van der Waals surface area contributed by atoms with E-state index in [1.807, 2.05) is 0 Å². The molecule has 0 fully saturated rings. The first-order valence-electron chi connectivity index (χ1n) is 6.88. The van der Waals surface area contributed by atoms with Gasteiger partial charge in [-0.1, -0.05) is 0 Å². The van der Waals surface area contributed by atoms with Crippen molar-refractivity contribution in [1.82, 2.24) is 4.57 Å². The number of pyridine rings is 1. The normalized spacial score (nSPS) is 11.0. The van der Waals surface area contributed by atoms with Crippen LogP contribution >= 0.6 is 0 Å². The van der Waals surface area contributed by atoms with Gasteiger partial charge in [-0.15, -0.1) is 0 Å². The van der Waals surface area contributed by atoms with Gasteiger partial charge in [0.25, 0.3) is 5.56 Å². The number of ether oxygens (including phenoxy) is 2. The fourth-order valence-electron chi connectivity index (χ4n) is 1.96. The lowest BCUT2D eigenvalue weighted by Crippen LogP contribution is -2.31. The highest BCUT2D eigenvalue weighted by atomic mass is 19.4. The molecule has 2 rings (SSSR count). The number of methoxy groups -OCH3 is 1. The van der Waals surface area contributed by atoms with Gasteiger partial charge in [0.2, 0.25) is 0 Å². The molecule has 1 aromatic carbocycles. The lowest BCUT2D eigenvalue weighted by molar-refractivity contribution is -0.140. The molecule has 1 heterocycles. The van der Waals surface area contributed by atoms with E-state index in [1.165, 1.54) is 31.4 Å². The Balaban J connectivity index is 2.11. The Morgan fingerprint density at radius 1 is 1.12 bits per heavy atom. The number of alkyl halides is 3. The number of nitrogens with zero attached hydrogens (tertiary/aromatic N) is 1. The second-order valence-electron chi connectivity index (χ2n) is 4.84. The number of hydrogen-bond acceptors (Lipinski definition) is 5. The van der Waals surface area contributed by atoms with Crippen molar-refractivity contribution >= 4 is 11.9 Å². The van der Waals surface area contributed by atoms with Crippen molar-refractivity contribution in [3.63, 3.8) is 0 Å². The quantitative estimate of drug-likeness (QED) is 0.621. The Morgan fingerprint density at radius 3 is 2.32 bits per heavy atom. The zero-order valence-corrected chi connectivity index (χ0v) is 12.9. The summed E-state index contributed by atoms with van der Waals surface area (Å²) in [5.41, 5.74) is -2.48. The highest BCUT2D eigenvalue weighted by Gasteiger charge is 2.34. The first-order chi connectivity index (χ1) is 11.7. The molecule has 0 aliphatic carbocycles. The molecule has 0 aliphatic rings. The van der Waals surface area contributed by atoms with Crippen LogP contribution in [0, 0.1) is 0 Å². The van der Waals surface area contributed by atoms with E-state index in [2.05, 4.69) is 4.74 Å². The smallest absolute Gasteiger partial charge is 0.421 e. The summed E-state index contributed by atoms with van der Waals surface area (Å²) in [5, 5.41) is 0. The SMILES string of the molecule is COC(=O)c1ccc(OC(=O)Cn2cccc(C(F)(F)F)c2=O)cc1. The molecule has 0 radical (unpaired) electrons. The van der Waals surface area contributed by atoms with Crippen LogP contribution in [-0.2, 0) is 22.3 Å². The standard InChI is InChI=1S/C16H12F3NO5/c1-24-15(23)10-4-6-11(7-5-10)25-13(21)9-20-8-2-3-12(14(20)22)16(17,18)19/h2-8H,9H2,1H3. The van der Waals surface area contributed by atoms with E-state index in [0.717, 1.165) is 12.3 Å². The lowest BCUT2D eigenvalue weighted by atomic mass is 10.2. The molecule has 1 aromatic heterocycles. The van der Waals surface area contributed by atoms with Crippen LogP contribution in [0.5, 0.6) is 5.75 Å². The summed E-state index contributed by atoms with van der Waals surface area (Å²) >= 11 is 0. The van der Waals surface area contributed by atoms with Gasteiger partial charge in [0.1, 0.15) is 17.9 Å². The van der Waals surface area contributed by atoms with Crippen LogP contribution in [0.3, 0.4) is 0 Å². The monoisotopic (exact) mass is 355 g/mol. The van der Waals surface area contributed by atoms with Crippen molar-refractivity contribution in [3.8, 4) is 5.75 Å². The molecule has 0 bridgehead atoms. The van der Waals surface area contributed by atoms with Crippen molar-refractivity contribution in [2.24, 2.45) is 0 Å². The number of benzene rings is 1. The summed E-state index contributed by atoms with van der Waals surface area (Å²) < 4.78 is 48.1. The minimum atomic E-state index is -4.81. The molecule has 2 aromatic rings. The van der Waals surface area contributed by atoms with Gasteiger partial charge in [-0.25, -0.2) is 9.59 Å². The van der Waals surface area contributed by atoms with Crippen molar-refractivity contribution in [2.75, 3.05) is 7.11 Å². The van der Waals surface area contributed by atoms with Crippen LogP contribution < -0.4 is 10.3 Å². The number of carbonyl (C=O) groups excluding carboxylic acids is 2. The van der Waals surface area contributed by atoms with E-state index in [9.17, 15) is 27.6 Å². The number of hydrogen-bond donors (Lipinski definition) is 0. The summed E-state index contributed by atoms with van der Waals surface area (Å²) in [4.78, 5) is 34.8. The predicted octanol–water partition coefficient (Wildman–Crippen LogP) is 2.26. The Morgan fingerprint density at radius 2 is 1.76 bits per heavy atom. The second kappa shape index (κ2) is 7.20. The molecule has 0 atom stereocenters. The third-order valence-electron chi connectivity index (χ3n) is 3.13. The van der Waals surface area contributed by atoms with Crippen LogP contribution in [0.4, 0.5) is 13.2 Å². The first-order valence-corrected chi connectivity index (χ1v) is 6.88. The average molecular weight is 355 g/mol. The Kier molecular flexibility index (Phi) is 5.26. The summed E-state index contributed by atoms with van der Waals surface area (Å²) in [5.74, 6) is -1.45. The van der Waals surface area contributed by atoms with Crippen molar-refractivity contribution in [2.45, 2.75) is 12.7 Å². The number of halogens is 3. The third-order valence-corrected chi connectivity index (χ3v) is 3.13. The van der Waals surface area contributed by atoms with Crippen LogP contribution in [0.1, 0.15) is 15.9 Å². The van der Waals surface area contributed by atoms with Gasteiger partial charge in [-0.05, 0) is 36.4 Å². The van der Waals surface area contributed by atoms with Crippen molar-refractivity contribution < 1.29 is 32.2 Å². The van der Waals surface area contributed by atoms with Crippen molar-refractivity contribution in [1.29, 1.82) is 0 Å². The molecule has 6 nitrogen and oxygen atoms in total. The van der Waals surface area contributed by atoms with Crippen LogP contribution in [0.25, 0.3) is 0 Å². The predicted molar refractivity (Wildman–Crippen MR) is 79.1 cm³/mol. The van der Waals surface area contributed by atoms with Gasteiger partial charge in [-0.2, -0.15) is 13.2 Å². The molecule has 132 valence electrons. The minimum Gasteiger partial charge on any atom is -0.465 e. The molecule has 0 saturated heterocycles. The fraction of sp³-hybridized carbons (Fsp3) is 0.188. The molecule has 25 heavy (non-hydrogen) atoms. The molecule has 0 N–H and O–H groups in total. The second-order valence-corrected chi connectivity index (χ2v) is 4.84. The van der Waals surface area contributed by atoms with Gasteiger partial charge < -0.3 is 14.0 Å². The van der Waals surface area contributed by atoms with Crippen LogP contribution in [0.2, 0.25) is 0 Å². The highest BCUT2D eigenvalue weighted by molar-refractivity contribution is 5.89. The first kappa shape index (κ1) is 18.2.